The van der Waals surface area contributed by atoms with Crippen molar-refractivity contribution in [2.45, 2.75) is 6.54 Å². The summed E-state index contributed by atoms with van der Waals surface area (Å²) in [6.07, 6.45) is 7.72. The van der Waals surface area contributed by atoms with E-state index < -0.39 is 15.8 Å². The molecule has 0 aliphatic heterocycles. The van der Waals surface area contributed by atoms with E-state index in [1.807, 2.05) is 12.1 Å². The van der Waals surface area contributed by atoms with Crippen LogP contribution in [0.2, 0.25) is 0 Å². The van der Waals surface area contributed by atoms with E-state index in [9.17, 15) is 12.8 Å². The van der Waals surface area contributed by atoms with Crippen LogP contribution < -0.4 is 9.46 Å². The summed E-state index contributed by atoms with van der Waals surface area (Å²) in [5.74, 6) is 0.588. The molecule has 0 aliphatic carbocycles. The van der Waals surface area contributed by atoms with E-state index in [1.165, 1.54) is 12.1 Å². The third kappa shape index (κ3) is 4.92. The predicted octanol–water partition coefficient (Wildman–Crippen LogP) is 3.82. The van der Waals surface area contributed by atoms with Crippen LogP contribution in [-0.4, -0.2) is 56.9 Å². The minimum Gasteiger partial charge on any atom is -0.495 e. The molecule has 0 saturated heterocycles. The molecule has 13 heteroatoms. The van der Waals surface area contributed by atoms with Gasteiger partial charge in [-0.2, -0.15) is 5.10 Å². The van der Waals surface area contributed by atoms with Crippen molar-refractivity contribution in [2.75, 3.05) is 13.4 Å². The third-order valence-corrected chi connectivity index (χ3v) is 6.76. The first-order valence-electron chi connectivity index (χ1n) is 11.7. The lowest BCUT2D eigenvalue weighted by Gasteiger charge is -2.07. The van der Waals surface area contributed by atoms with E-state index >= 15 is 0 Å². The monoisotopic (exact) mass is 544 g/mol. The van der Waals surface area contributed by atoms with E-state index in [2.05, 4.69) is 34.9 Å². The van der Waals surface area contributed by atoms with E-state index in [0.29, 0.717) is 50.8 Å². The maximum atomic E-state index is 14.5. The number of H-pyrrole nitrogens is 2. The molecule has 0 aliphatic rings. The third-order valence-electron chi connectivity index (χ3n) is 6.09. The zero-order chi connectivity index (χ0) is 27.1. The number of halogens is 1. The highest BCUT2D eigenvalue weighted by atomic mass is 32.2. The molecule has 1 aromatic carbocycles. The highest BCUT2D eigenvalue weighted by Gasteiger charge is 2.18. The van der Waals surface area contributed by atoms with Crippen LogP contribution in [0.15, 0.2) is 61.2 Å². The van der Waals surface area contributed by atoms with Crippen molar-refractivity contribution in [1.82, 2.24) is 39.8 Å². The van der Waals surface area contributed by atoms with Crippen molar-refractivity contribution in [3.05, 3.63) is 72.6 Å². The molecule has 0 bridgehead atoms. The predicted molar refractivity (Wildman–Crippen MR) is 144 cm³/mol. The van der Waals surface area contributed by atoms with Crippen LogP contribution in [-0.2, 0) is 16.6 Å². The Hall–Kier alpha value is -4.75. The number of pyridine rings is 3. The van der Waals surface area contributed by atoms with Gasteiger partial charge >= 0.3 is 0 Å². The fourth-order valence-corrected chi connectivity index (χ4v) is 4.72. The lowest BCUT2D eigenvalue weighted by molar-refractivity contribution is 0.413. The van der Waals surface area contributed by atoms with E-state index in [1.54, 1.807) is 44.0 Å². The van der Waals surface area contributed by atoms with Crippen LogP contribution in [0, 0.1) is 5.82 Å². The number of aromatic nitrogens is 7. The molecule has 0 atom stereocenters. The highest BCUT2D eigenvalue weighted by molar-refractivity contribution is 7.88. The van der Waals surface area contributed by atoms with Crippen molar-refractivity contribution >= 4 is 32.1 Å². The second kappa shape index (κ2) is 9.53. The van der Waals surface area contributed by atoms with Crippen molar-refractivity contribution in [3.8, 4) is 39.7 Å². The Morgan fingerprint density at radius 1 is 1.00 bits per heavy atom. The molecule has 0 amide bonds. The van der Waals surface area contributed by atoms with Crippen LogP contribution in [0.1, 0.15) is 5.56 Å². The minimum absolute atomic E-state index is 0.0528. The van der Waals surface area contributed by atoms with Crippen molar-refractivity contribution in [1.29, 1.82) is 0 Å². The Bertz CT molecular complexity index is 1970. The lowest BCUT2D eigenvalue weighted by Crippen LogP contribution is -2.21. The number of sulfonamides is 1. The zero-order valence-electron chi connectivity index (χ0n) is 20.7. The van der Waals surface area contributed by atoms with Gasteiger partial charge in [-0.25, -0.2) is 27.5 Å². The summed E-state index contributed by atoms with van der Waals surface area (Å²) < 4.78 is 45.2. The largest absolute Gasteiger partial charge is 0.495 e. The zero-order valence-corrected chi connectivity index (χ0v) is 21.5. The van der Waals surface area contributed by atoms with Gasteiger partial charge in [-0.3, -0.25) is 15.1 Å². The first-order valence-corrected chi connectivity index (χ1v) is 13.6. The fraction of sp³-hybridized carbons (Fsp3) is 0.115. The molecular weight excluding hydrogens is 523 g/mol. The second-order valence-corrected chi connectivity index (χ2v) is 10.7. The smallest absolute Gasteiger partial charge is 0.209 e. The molecule has 0 unspecified atom stereocenters. The number of imidazole rings is 1. The number of nitrogens with one attached hydrogen (secondary N) is 3. The average Bonchev–Trinajstić information content (AvgIpc) is 3.55. The highest BCUT2D eigenvalue weighted by Crippen LogP contribution is 2.32. The van der Waals surface area contributed by atoms with Crippen molar-refractivity contribution in [2.24, 2.45) is 0 Å². The molecule has 5 heterocycles. The summed E-state index contributed by atoms with van der Waals surface area (Å²) in [4.78, 5) is 21.2. The molecule has 39 heavy (non-hydrogen) atoms. The molecule has 5 aromatic heterocycles. The summed E-state index contributed by atoms with van der Waals surface area (Å²) >= 11 is 0. The number of hydrogen-bond donors (Lipinski definition) is 3. The normalized spacial score (nSPS) is 11.9. The Morgan fingerprint density at radius 2 is 1.85 bits per heavy atom. The Balaban J connectivity index is 1.42. The van der Waals surface area contributed by atoms with Gasteiger partial charge in [0.05, 0.1) is 36.2 Å². The van der Waals surface area contributed by atoms with Crippen LogP contribution in [0.5, 0.6) is 5.75 Å². The number of nitrogens with zero attached hydrogens (tertiary/aromatic N) is 5. The number of ether oxygens (including phenoxy) is 1. The molecule has 196 valence electrons. The van der Waals surface area contributed by atoms with Gasteiger partial charge < -0.3 is 9.72 Å². The SMILES string of the molecule is COc1cncc(-c2cnc3[nH]nc(-c4nc5c(-c6cc(F)cc(CNS(C)(=O)=O)c6)nccc5[nH]4)c3c2)c1. The van der Waals surface area contributed by atoms with Gasteiger partial charge in [0.25, 0.3) is 0 Å². The summed E-state index contributed by atoms with van der Waals surface area (Å²) in [7, 11) is -1.86. The number of rotatable bonds is 7. The van der Waals surface area contributed by atoms with Gasteiger partial charge in [-0.1, -0.05) is 0 Å². The number of aromatic amines is 2. The van der Waals surface area contributed by atoms with Crippen molar-refractivity contribution in [3.63, 3.8) is 0 Å². The summed E-state index contributed by atoms with van der Waals surface area (Å²) in [5.41, 5.74) is 5.33. The van der Waals surface area contributed by atoms with Crippen LogP contribution in [0.4, 0.5) is 4.39 Å². The molecule has 0 radical (unpaired) electrons. The molecule has 6 rings (SSSR count). The van der Waals surface area contributed by atoms with Gasteiger partial charge in [0, 0.05) is 41.8 Å². The van der Waals surface area contributed by atoms with Gasteiger partial charge in [-0.15, -0.1) is 0 Å². The Kier molecular flexibility index (Phi) is 6.00. The fourth-order valence-electron chi connectivity index (χ4n) is 4.29. The minimum atomic E-state index is -3.44. The van der Waals surface area contributed by atoms with E-state index in [0.717, 1.165) is 22.8 Å². The van der Waals surface area contributed by atoms with Gasteiger partial charge in [-0.05, 0) is 42.0 Å². The van der Waals surface area contributed by atoms with E-state index in [4.69, 9.17) is 9.72 Å². The van der Waals surface area contributed by atoms with Gasteiger partial charge in [0.2, 0.25) is 10.0 Å². The summed E-state index contributed by atoms with van der Waals surface area (Å²) in [6, 6.07) is 9.87. The maximum absolute atomic E-state index is 14.5. The first kappa shape index (κ1) is 24.6. The van der Waals surface area contributed by atoms with Crippen LogP contribution in [0.3, 0.4) is 0 Å². The average molecular weight is 545 g/mol. The Morgan fingerprint density at radius 3 is 2.67 bits per heavy atom. The second-order valence-electron chi connectivity index (χ2n) is 8.89. The number of benzene rings is 1. The number of hydrogen-bond acceptors (Lipinski definition) is 8. The lowest BCUT2D eigenvalue weighted by atomic mass is 10.1. The molecule has 11 nitrogen and oxygen atoms in total. The molecule has 0 spiro atoms. The molecule has 0 fully saturated rings. The maximum Gasteiger partial charge on any atom is 0.209 e. The van der Waals surface area contributed by atoms with Crippen LogP contribution >= 0.6 is 0 Å². The first-order chi connectivity index (χ1) is 18.8. The van der Waals surface area contributed by atoms with E-state index in [-0.39, 0.29) is 6.54 Å². The standard InChI is InChI=1S/C26H21FN8O3S/c1-38-19-8-16(11-28-13-19)17-9-20-23(34-35-25(20)30-12-17)26-32-21-3-4-29-22(24(21)33-26)15-5-14(6-18(27)7-15)10-31-39(2,36)37/h3-9,11-13,31H,10H2,1-2H3,(H,32,33)(H,30,34,35). The Labute approximate surface area is 221 Å². The molecule has 3 N–H and O–H groups in total. The quantitative estimate of drug-likeness (QED) is 0.274. The number of fused-ring (bicyclic) bond motifs is 2. The van der Waals surface area contributed by atoms with Gasteiger partial charge in [0.15, 0.2) is 11.5 Å². The molecule has 0 saturated carbocycles. The summed E-state index contributed by atoms with van der Waals surface area (Å²) in [5, 5.41) is 8.12. The molecule has 6 aromatic rings. The number of methoxy groups -OCH3 is 1. The van der Waals surface area contributed by atoms with Gasteiger partial charge in [0.1, 0.15) is 22.8 Å². The van der Waals surface area contributed by atoms with Crippen molar-refractivity contribution < 1.29 is 17.5 Å². The molecular formula is C26H21FN8O3S. The topological polar surface area (TPSA) is 151 Å². The van der Waals surface area contributed by atoms with Crippen LogP contribution in [0.25, 0.3) is 56.0 Å². The summed E-state index contributed by atoms with van der Waals surface area (Å²) in [6.45, 7) is -0.0528.